The smallest absolute Gasteiger partial charge is 0.225 e. The van der Waals surface area contributed by atoms with E-state index in [0.29, 0.717) is 18.3 Å². The van der Waals surface area contributed by atoms with Gasteiger partial charge in [0.25, 0.3) is 0 Å². The first kappa shape index (κ1) is 8.93. The summed E-state index contributed by atoms with van der Waals surface area (Å²) >= 11 is 0. The van der Waals surface area contributed by atoms with Crippen molar-refractivity contribution in [1.82, 2.24) is 9.97 Å². The van der Waals surface area contributed by atoms with Gasteiger partial charge in [0.1, 0.15) is 5.82 Å². The van der Waals surface area contributed by atoms with E-state index in [9.17, 15) is 4.79 Å². The van der Waals surface area contributed by atoms with Crippen LogP contribution in [-0.2, 0) is 17.6 Å². The third kappa shape index (κ3) is 1.53. The molecule has 1 aromatic heterocycles. The molecule has 0 radical (unpaired) electrons. The summed E-state index contributed by atoms with van der Waals surface area (Å²) in [7, 11) is 0. The van der Waals surface area contributed by atoms with Crippen molar-refractivity contribution >= 4 is 5.91 Å². The fraction of sp³-hybridized carbons (Fsp3) is 0.444. The summed E-state index contributed by atoms with van der Waals surface area (Å²) in [4.78, 5) is 19.0. The van der Waals surface area contributed by atoms with E-state index in [1.807, 2.05) is 6.92 Å². The number of nitrogens with zero attached hydrogens (tertiary/aromatic N) is 2. The molecule has 2 N–H and O–H groups in total. The van der Waals surface area contributed by atoms with Crippen LogP contribution in [0.15, 0.2) is 0 Å². The summed E-state index contributed by atoms with van der Waals surface area (Å²) in [6.45, 7) is 2.53. The summed E-state index contributed by atoms with van der Waals surface area (Å²) in [5.74, 6) is 0.617. The SMILES string of the molecule is Cc1nc(CC(N)=O)nc2c1CCO2. The van der Waals surface area contributed by atoms with Crippen LogP contribution in [0, 0.1) is 6.92 Å². The molecule has 2 heterocycles. The van der Waals surface area contributed by atoms with Gasteiger partial charge in [0.05, 0.1) is 13.0 Å². The normalized spacial score (nSPS) is 13.5. The highest BCUT2D eigenvalue weighted by Crippen LogP contribution is 2.24. The van der Waals surface area contributed by atoms with Gasteiger partial charge in [-0.2, -0.15) is 4.98 Å². The first-order valence-electron chi connectivity index (χ1n) is 4.44. The monoisotopic (exact) mass is 193 g/mol. The van der Waals surface area contributed by atoms with Crippen LogP contribution in [0.2, 0.25) is 0 Å². The first-order chi connectivity index (χ1) is 6.66. The standard InChI is InChI=1S/C9H11N3O2/c1-5-6-2-3-14-9(6)12-8(11-5)4-7(10)13/h2-4H2,1H3,(H2,10,13). The lowest BCUT2D eigenvalue weighted by Gasteiger charge is -2.03. The highest BCUT2D eigenvalue weighted by atomic mass is 16.5. The number of aryl methyl sites for hydroxylation is 1. The van der Waals surface area contributed by atoms with E-state index in [2.05, 4.69) is 9.97 Å². The van der Waals surface area contributed by atoms with Crippen molar-refractivity contribution < 1.29 is 9.53 Å². The maximum absolute atomic E-state index is 10.7. The number of primary amides is 1. The molecular weight excluding hydrogens is 182 g/mol. The molecule has 0 atom stereocenters. The molecule has 1 aromatic rings. The number of carbonyl (C=O) groups is 1. The average Bonchev–Trinajstić information content (AvgIpc) is 2.50. The van der Waals surface area contributed by atoms with E-state index < -0.39 is 5.91 Å². The Bertz CT molecular complexity index is 390. The molecule has 1 amide bonds. The van der Waals surface area contributed by atoms with Crippen LogP contribution in [0.3, 0.4) is 0 Å². The molecule has 0 aromatic carbocycles. The molecule has 74 valence electrons. The Kier molecular flexibility index (Phi) is 2.07. The highest BCUT2D eigenvalue weighted by Gasteiger charge is 2.18. The maximum atomic E-state index is 10.7. The molecule has 0 saturated carbocycles. The van der Waals surface area contributed by atoms with Crippen LogP contribution >= 0.6 is 0 Å². The first-order valence-corrected chi connectivity index (χ1v) is 4.44. The predicted molar refractivity (Wildman–Crippen MR) is 48.9 cm³/mol. The van der Waals surface area contributed by atoms with Crippen molar-refractivity contribution in [2.24, 2.45) is 5.73 Å². The van der Waals surface area contributed by atoms with Crippen molar-refractivity contribution in [2.45, 2.75) is 19.8 Å². The molecule has 0 saturated heterocycles. The van der Waals surface area contributed by atoms with Gasteiger partial charge in [0.15, 0.2) is 0 Å². The minimum absolute atomic E-state index is 0.0669. The van der Waals surface area contributed by atoms with Gasteiger partial charge in [-0.25, -0.2) is 4.98 Å². The number of rotatable bonds is 2. The summed E-state index contributed by atoms with van der Waals surface area (Å²) in [6, 6.07) is 0. The van der Waals surface area contributed by atoms with Gasteiger partial charge < -0.3 is 10.5 Å². The van der Waals surface area contributed by atoms with Crippen LogP contribution in [0.25, 0.3) is 0 Å². The van der Waals surface area contributed by atoms with Gasteiger partial charge in [0, 0.05) is 17.7 Å². The zero-order chi connectivity index (χ0) is 10.1. The van der Waals surface area contributed by atoms with Gasteiger partial charge >= 0.3 is 0 Å². The second-order valence-corrected chi connectivity index (χ2v) is 3.25. The van der Waals surface area contributed by atoms with Crippen LogP contribution < -0.4 is 10.5 Å². The Hall–Kier alpha value is -1.65. The van der Waals surface area contributed by atoms with Crippen LogP contribution in [0.5, 0.6) is 5.88 Å². The molecule has 0 fully saturated rings. The van der Waals surface area contributed by atoms with Gasteiger partial charge in [-0.05, 0) is 6.92 Å². The topological polar surface area (TPSA) is 78.1 Å². The molecule has 0 aliphatic carbocycles. The zero-order valence-corrected chi connectivity index (χ0v) is 7.91. The lowest BCUT2D eigenvalue weighted by Crippen LogP contribution is -2.16. The molecular formula is C9H11N3O2. The minimum atomic E-state index is -0.428. The number of carbonyl (C=O) groups excluding carboxylic acids is 1. The Labute approximate surface area is 81.3 Å². The van der Waals surface area contributed by atoms with Crippen molar-refractivity contribution in [2.75, 3.05) is 6.61 Å². The molecule has 2 rings (SSSR count). The van der Waals surface area contributed by atoms with Crippen molar-refractivity contribution in [1.29, 1.82) is 0 Å². The van der Waals surface area contributed by atoms with Gasteiger partial charge in [-0.3, -0.25) is 4.79 Å². The number of nitrogens with two attached hydrogens (primary N) is 1. The molecule has 5 heteroatoms. The fourth-order valence-corrected chi connectivity index (χ4v) is 1.52. The van der Waals surface area contributed by atoms with E-state index in [-0.39, 0.29) is 6.42 Å². The number of hydrogen-bond acceptors (Lipinski definition) is 4. The van der Waals surface area contributed by atoms with Crippen molar-refractivity contribution in [3.8, 4) is 5.88 Å². The van der Waals surface area contributed by atoms with Crippen LogP contribution in [-0.4, -0.2) is 22.5 Å². The van der Waals surface area contributed by atoms with Crippen molar-refractivity contribution in [3.63, 3.8) is 0 Å². The zero-order valence-electron chi connectivity index (χ0n) is 7.91. The molecule has 5 nitrogen and oxygen atoms in total. The molecule has 1 aliphatic heterocycles. The number of amides is 1. The molecule has 0 spiro atoms. The number of ether oxygens (including phenoxy) is 1. The maximum Gasteiger partial charge on any atom is 0.225 e. The van der Waals surface area contributed by atoms with Gasteiger partial charge in [-0.1, -0.05) is 0 Å². The second kappa shape index (κ2) is 3.25. The Morgan fingerprint density at radius 2 is 2.36 bits per heavy atom. The number of fused-ring (bicyclic) bond motifs is 1. The van der Waals surface area contributed by atoms with Crippen molar-refractivity contribution in [3.05, 3.63) is 17.1 Å². The van der Waals surface area contributed by atoms with Crippen LogP contribution in [0.1, 0.15) is 17.1 Å². The average molecular weight is 193 g/mol. The second-order valence-electron chi connectivity index (χ2n) is 3.25. The lowest BCUT2D eigenvalue weighted by atomic mass is 10.2. The third-order valence-corrected chi connectivity index (χ3v) is 2.15. The summed E-state index contributed by atoms with van der Waals surface area (Å²) in [5.41, 5.74) is 6.98. The predicted octanol–water partition coefficient (Wildman–Crippen LogP) is -0.252. The summed E-state index contributed by atoms with van der Waals surface area (Å²) in [5, 5.41) is 0. The minimum Gasteiger partial charge on any atom is -0.477 e. The highest BCUT2D eigenvalue weighted by molar-refractivity contribution is 5.75. The Balaban J connectivity index is 2.36. The van der Waals surface area contributed by atoms with E-state index in [0.717, 1.165) is 17.7 Å². The fourth-order valence-electron chi connectivity index (χ4n) is 1.52. The summed E-state index contributed by atoms with van der Waals surface area (Å²) < 4.78 is 5.30. The Morgan fingerprint density at radius 1 is 1.57 bits per heavy atom. The Morgan fingerprint density at radius 3 is 3.07 bits per heavy atom. The largest absolute Gasteiger partial charge is 0.477 e. The van der Waals surface area contributed by atoms with Gasteiger partial charge in [0.2, 0.25) is 11.8 Å². The molecule has 14 heavy (non-hydrogen) atoms. The van der Waals surface area contributed by atoms with E-state index in [4.69, 9.17) is 10.5 Å². The number of hydrogen-bond donors (Lipinski definition) is 1. The van der Waals surface area contributed by atoms with Gasteiger partial charge in [-0.15, -0.1) is 0 Å². The van der Waals surface area contributed by atoms with E-state index in [1.165, 1.54) is 0 Å². The molecule has 0 bridgehead atoms. The molecule has 0 unspecified atom stereocenters. The number of aromatic nitrogens is 2. The third-order valence-electron chi connectivity index (χ3n) is 2.15. The van der Waals surface area contributed by atoms with Crippen LogP contribution in [0.4, 0.5) is 0 Å². The lowest BCUT2D eigenvalue weighted by molar-refractivity contribution is -0.117. The summed E-state index contributed by atoms with van der Waals surface area (Å²) in [6.07, 6.45) is 0.912. The molecule has 1 aliphatic rings. The quantitative estimate of drug-likeness (QED) is 0.702. The van der Waals surface area contributed by atoms with E-state index in [1.54, 1.807) is 0 Å². The van der Waals surface area contributed by atoms with E-state index >= 15 is 0 Å².